The second kappa shape index (κ2) is 3.75. The number of phenolic OH excluding ortho intramolecular Hbond substituents is 1. The van der Waals surface area contributed by atoms with E-state index in [2.05, 4.69) is 0 Å². The number of rotatable bonds is 0. The molecule has 0 spiro atoms. The first-order valence-electron chi connectivity index (χ1n) is 5.42. The Bertz CT molecular complexity index is 834. The van der Waals surface area contributed by atoms with Gasteiger partial charge in [0, 0.05) is 16.8 Å². The predicted octanol–water partition coefficient (Wildman–Crippen LogP) is 3.61. The molecule has 0 bridgehead atoms. The topological polar surface area (TPSA) is 50.4 Å². The summed E-state index contributed by atoms with van der Waals surface area (Å²) in [5, 5.41) is 12.3. The third-order valence-electron chi connectivity index (χ3n) is 3.00. The van der Waals surface area contributed by atoms with Crippen LogP contribution in [0, 0.1) is 6.92 Å². The Morgan fingerprint density at radius 2 is 1.89 bits per heavy atom. The van der Waals surface area contributed by atoms with E-state index in [0.717, 1.165) is 16.3 Å². The van der Waals surface area contributed by atoms with Crippen LogP contribution < -0.4 is 5.63 Å². The van der Waals surface area contributed by atoms with Gasteiger partial charge in [0.25, 0.3) is 0 Å². The fraction of sp³-hybridized carbons (Fsp3) is 0.0714. The summed E-state index contributed by atoms with van der Waals surface area (Å²) in [5.41, 5.74) is 0.856. The average molecular weight is 261 g/mol. The summed E-state index contributed by atoms with van der Waals surface area (Å²) in [5.74, 6) is 0.0160. The molecule has 3 nitrogen and oxygen atoms in total. The molecule has 90 valence electrons. The molecule has 1 heterocycles. The van der Waals surface area contributed by atoms with Gasteiger partial charge in [-0.05, 0) is 30.0 Å². The smallest absolute Gasteiger partial charge is 0.336 e. The molecule has 4 heteroatoms. The molecule has 1 N–H and O–H groups in total. The highest BCUT2D eigenvalue weighted by Crippen LogP contribution is 2.37. The van der Waals surface area contributed by atoms with E-state index < -0.39 is 5.63 Å². The summed E-state index contributed by atoms with van der Waals surface area (Å²) in [6, 6.07) is 8.29. The van der Waals surface area contributed by atoms with Gasteiger partial charge >= 0.3 is 5.63 Å². The molecule has 0 saturated carbocycles. The van der Waals surface area contributed by atoms with Crippen LogP contribution in [0.1, 0.15) is 5.56 Å². The van der Waals surface area contributed by atoms with Gasteiger partial charge in [-0.2, -0.15) is 0 Å². The lowest BCUT2D eigenvalue weighted by Crippen LogP contribution is -1.98. The standard InChI is InChI=1S/C14H9ClO3/c1-7-6-11(17)18-10-5-3-8-2-4-9(16)14(15)13(8)12(7)10/h2-6,16H,1H3. The molecule has 2 aromatic carbocycles. The third kappa shape index (κ3) is 1.48. The van der Waals surface area contributed by atoms with Crippen molar-refractivity contribution >= 4 is 33.3 Å². The minimum Gasteiger partial charge on any atom is -0.506 e. The van der Waals surface area contributed by atoms with Crippen molar-refractivity contribution in [1.29, 1.82) is 0 Å². The molecule has 0 unspecified atom stereocenters. The minimum atomic E-state index is -0.393. The summed E-state index contributed by atoms with van der Waals surface area (Å²) in [7, 11) is 0. The maximum Gasteiger partial charge on any atom is 0.336 e. The molecular weight excluding hydrogens is 252 g/mol. The van der Waals surface area contributed by atoms with E-state index in [1.165, 1.54) is 6.07 Å². The summed E-state index contributed by atoms with van der Waals surface area (Å²) in [4.78, 5) is 11.3. The molecule has 0 fully saturated rings. The molecule has 0 aliphatic heterocycles. The first-order valence-corrected chi connectivity index (χ1v) is 5.80. The van der Waals surface area contributed by atoms with Crippen molar-refractivity contribution in [2.75, 3.05) is 0 Å². The van der Waals surface area contributed by atoms with Gasteiger partial charge < -0.3 is 9.52 Å². The van der Waals surface area contributed by atoms with E-state index in [4.69, 9.17) is 16.0 Å². The largest absolute Gasteiger partial charge is 0.506 e. The Balaban J connectivity index is 2.68. The van der Waals surface area contributed by atoms with Crippen molar-refractivity contribution in [3.8, 4) is 5.75 Å². The molecule has 0 aliphatic carbocycles. The van der Waals surface area contributed by atoms with Crippen molar-refractivity contribution in [3.63, 3.8) is 0 Å². The minimum absolute atomic E-state index is 0.0160. The average Bonchev–Trinajstić information content (AvgIpc) is 2.33. The number of aromatic hydroxyl groups is 1. The van der Waals surface area contributed by atoms with Gasteiger partial charge in [-0.1, -0.05) is 23.7 Å². The first-order chi connectivity index (χ1) is 8.58. The highest BCUT2D eigenvalue weighted by molar-refractivity contribution is 6.39. The Kier molecular flexibility index (Phi) is 2.31. The van der Waals surface area contributed by atoms with E-state index in [-0.39, 0.29) is 10.8 Å². The summed E-state index contributed by atoms with van der Waals surface area (Å²) in [6.07, 6.45) is 0. The highest BCUT2D eigenvalue weighted by Gasteiger charge is 2.12. The van der Waals surface area contributed by atoms with Gasteiger partial charge in [0.2, 0.25) is 0 Å². The van der Waals surface area contributed by atoms with Crippen molar-refractivity contribution in [1.82, 2.24) is 0 Å². The molecule has 18 heavy (non-hydrogen) atoms. The zero-order chi connectivity index (χ0) is 12.9. The number of halogens is 1. The summed E-state index contributed by atoms with van der Waals surface area (Å²) < 4.78 is 5.15. The van der Waals surface area contributed by atoms with Crippen molar-refractivity contribution < 1.29 is 9.52 Å². The van der Waals surface area contributed by atoms with Crippen LogP contribution in [-0.2, 0) is 0 Å². The van der Waals surface area contributed by atoms with Crippen molar-refractivity contribution in [2.45, 2.75) is 6.92 Å². The first kappa shape index (κ1) is 11.1. The van der Waals surface area contributed by atoms with Crippen molar-refractivity contribution in [3.05, 3.63) is 51.3 Å². The van der Waals surface area contributed by atoms with Gasteiger partial charge in [-0.25, -0.2) is 4.79 Å². The normalized spacial score (nSPS) is 11.2. The van der Waals surface area contributed by atoms with E-state index >= 15 is 0 Å². The molecular formula is C14H9ClO3. The molecule has 3 aromatic rings. The number of fused-ring (bicyclic) bond motifs is 3. The maximum atomic E-state index is 11.3. The molecule has 0 radical (unpaired) electrons. The van der Waals surface area contributed by atoms with Gasteiger partial charge in [0.05, 0.1) is 5.02 Å². The third-order valence-corrected chi connectivity index (χ3v) is 3.39. The Morgan fingerprint density at radius 3 is 2.67 bits per heavy atom. The van der Waals surface area contributed by atoms with E-state index in [1.807, 2.05) is 13.0 Å². The molecule has 0 saturated heterocycles. The number of hydrogen-bond donors (Lipinski definition) is 1. The van der Waals surface area contributed by atoms with E-state index in [1.54, 1.807) is 18.2 Å². The Morgan fingerprint density at radius 1 is 1.17 bits per heavy atom. The number of benzene rings is 2. The zero-order valence-electron chi connectivity index (χ0n) is 9.53. The number of phenols is 1. The monoisotopic (exact) mass is 260 g/mol. The van der Waals surface area contributed by atoms with Gasteiger partial charge in [-0.3, -0.25) is 0 Å². The van der Waals surface area contributed by atoms with Crippen LogP contribution in [0.25, 0.3) is 21.7 Å². The molecule has 0 atom stereocenters. The van der Waals surface area contributed by atoms with Crippen LogP contribution >= 0.6 is 11.6 Å². The Labute approximate surface area is 107 Å². The second-order valence-electron chi connectivity index (χ2n) is 4.18. The van der Waals surface area contributed by atoms with Crippen molar-refractivity contribution in [2.24, 2.45) is 0 Å². The number of aryl methyl sites for hydroxylation is 1. The number of hydrogen-bond acceptors (Lipinski definition) is 3. The fourth-order valence-electron chi connectivity index (χ4n) is 2.21. The van der Waals surface area contributed by atoms with Crippen LogP contribution in [0.4, 0.5) is 0 Å². The lowest BCUT2D eigenvalue weighted by molar-refractivity contribution is 0.476. The molecule has 0 aliphatic rings. The SMILES string of the molecule is Cc1cc(=O)oc2ccc3ccc(O)c(Cl)c3c12. The van der Waals surface area contributed by atoms with Gasteiger partial charge in [0.1, 0.15) is 11.3 Å². The maximum absolute atomic E-state index is 11.3. The van der Waals surface area contributed by atoms with Crippen LogP contribution in [0.2, 0.25) is 5.02 Å². The van der Waals surface area contributed by atoms with E-state index in [9.17, 15) is 9.90 Å². The van der Waals surface area contributed by atoms with Crippen LogP contribution in [0.15, 0.2) is 39.5 Å². The summed E-state index contributed by atoms with van der Waals surface area (Å²) >= 11 is 6.15. The lowest BCUT2D eigenvalue weighted by atomic mass is 10.0. The van der Waals surface area contributed by atoms with Crippen LogP contribution in [-0.4, -0.2) is 5.11 Å². The van der Waals surface area contributed by atoms with Crippen LogP contribution in [0.5, 0.6) is 5.75 Å². The molecule has 3 rings (SSSR count). The van der Waals surface area contributed by atoms with Gasteiger partial charge in [0.15, 0.2) is 0 Å². The van der Waals surface area contributed by atoms with Gasteiger partial charge in [-0.15, -0.1) is 0 Å². The summed E-state index contributed by atoms with van der Waals surface area (Å²) in [6.45, 7) is 1.82. The quantitative estimate of drug-likeness (QED) is 0.496. The molecule has 0 amide bonds. The van der Waals surface area contributed by atoms with Crippen LogP contribution in [0.3, 0.4) is 0 Å². The predicted molar refractivity (Wildman–Crippen MR) is 71.4 cm³/mol. The lowest BCUT2D eigenvalue weighted by Gasteiger charge is -2.08. The molecule has 1 aromatic heterocycles. The Hall–Kier alpha value is -2.00. The fourth-order valence-corrected chi connectivity index (χ4v) is 2.47. The van der Waals surface area contributed by atoms with E-state index in [0.29, 0.717) is 11.0 Å². The highest BCUT2D eigenvalue weighted by atomic mass is 35.5. The second-order valence-corrected chi connectivity index (χ2v) is 4.56. The zero-order valence-corrected chi connectivity index (χ0v) is 10.3.